The normalized spacial score (nSPS) is 10.2. The van der Waals surface area contributed by atoms with E-state index in [2.05, 4.69) is 15.6 Å². The van der Waals surface area contributed by atoms with Gasteiger partial charge in [-0.25, -0.2) is 4.98 Å². The molecule has 2 aromatic carbocycles. The van der Waals surface area contributed by atoms with Crippen molar-refractivity contribution < 1.29 is 14.3 Å². The lowest BCUT2D eigenvalue weighted by Crippen LogP contribution is -2.13. The van der Waals surface area contributed by atoms with Crippen molar-refractivity contribution in [2.75, 3.05) is 43.8 Å². The summed E-state index contributed by atoms with van der Waals surface area (Å²) in [5.41, 5.74) is 3.07. The van der Waals surface area contributed by atoms with E-state index in [0.29, 0.717) is 22.9 Å². The van der Waals surface area contributed by atoms with E-state index in [-0.39, 0.29) is 5.91 Å². The number of benzene rings is 2. The third-order valence-electron chi connectivity index (χ3n) is 4.32. The van der Waals surface area contributed by atoms with Crippen molar-refractivity contribution in [3.05, 3.63) is 66.4 Å². The number of carbonyl (C=O) groups excluding carboxylic acids is 1. The standard InChI is InChI=1S/C22H24N4O3/c1-26(2)18-9-6-16(7-10-18)25-22(27)15-5-12-21(23-14-15)24-17-8-11-19(28-3)20(13-17)29-4/h5-14H,1-4H3,(H,23,24)(H,25,27). The van der Waals surface area contributed by atoms with Crippen LogP contribution in [-0.4, -0.2) is 39.2 Å². The van der Waals surface area contributed by atoms with Crippen LogP contribution in [0.25, 0.3) is 0 Å². The quantitative estimate of drug-likeness (QED) is 0.629. The number of anilines is 4. The van der Waals surface area contributed by atoms with Crippen LogP contribution in [0.2, 0.25) is 0 Å². The molecule has 2 N–H and O–H groups in total. The number of hydrogen-bond donors (Lipinski definition) is 2. The average Bonchev–Trinajstić information content (AvgIpc) is 2.74. The van der Waals surface area contributed by atoms with Crippen LogP contribution in [0, 0.1) is 0 Å². The lowest BCUT2D eigenvalue weighted by atomic mass is 10.2. The number of rotatable bonds is 7. The third-order valence-corrected chi connectivity index (χ3v) is 4.32. The minimum Gasteiger partial charge on any atom is -0.493 e. The van der Waals surface area contributed by atoms with Crippen LogP contribution in [0.3, 0.4) is 0 Å². The summed E-state index contributed by atoms with van der Waals surface area (Å²) in [5, 5.41) is 6.05. The van der Waals surface area contributed by atoms with Crippen LogP contribution in [0.5, 0.6) is 11.5 Å². The smallest absolute Gasteiger partial charge is 0.257 e. The van der Waals surface area contributed by atoms with Crippen LogP contribution in [0.15, 0.2) is 60.8 Å². The fourth-order valence-electron chi connectivity index (χ4n) is 2.71. The molecule has 3 rings (SSSR count). The minimum absolute atomic E-state index is 0.215. The maximum Gasteiger partial charge on any atom is 0.257 e. The van der Waals surface area contributed by atoms with Gasteiger partial charge in [-0.2, -0.15) is 0 Å². The number of methoxy groups -OCH3 is 2. The molecule has 0 aliphatic carbocycles. The summed E-state index contributed by atoms with van der Waals surface area (Å²) in [6, 6.07) is 16.6. The molecule has 29 heavy (non-hydrogen) atoms. The first kappa shape index (κ1) is 20.0. The molecule has 7 heteroatoms. The van der Waals surface area contributed by atoms with Crippen molar-refractivity contribution in [2.45, 2.75) is 0 Å². The van der Waals surface area contributed by atoms with Gasteiger partial charge < -0.3 is 25.0 Å². The second-order valence-electron chi connectivity index (χ2n) is 6.52. The second-order valence-corrected chi connectivity index (χ2v) is 6.52. The predicted molar refractivity (Wildman–Crippen MR) is 116 cm³/mol. The SMILES string of the molecule is COc1ccc(Nc2ccc(C(=O)Nc3ccc(N(C)C)cc3)cn2)cc1OC. The first-order valence-electron chi connectivity index (χ1n) is 9.04. The second kappa shape index (κ2) is 8.97. The van der Waals surface area contributed by atoms with Gasteiger partial charge in [0.15, 0.2) is 11.5 Å². The van der Waals surface area contributed by atoms with Crippen molar-refractivity contribution in [3.63, 3.8) is 0 Å². The van der Waals surface area contributed by atoms with E-state index in [0.717, 1.165) is 17.1 Å². The summed E-state index contributed by atoms with van der Waals surface area (Å²) in [4.78, 5) is 18.8. The molecule has 0 unspecified atom stereocenters. The maximum absolute atomic E-state index is 12.4. The summed E-state index contributed by atoms with van der Waals surface area (Å²) in [6.45, 7) is 0. The Balaban J connectivity index is 1.65. The number of carbonyl (C=O) groups is 1. The van der Waals surface area contributed by atoms with Crippen molar-refractivity contribution in [1.82, 2.24) is 4.98 Å². The largest absolute Gasteiger partial charge is 0.493 e. The molecule has 0 atom stereocenters. The highest BCUT2D eigenvalue weighted by atomic mass is 16.5. The fraction of sp³-hybridized carbons (Fsp3) is 0.182. The Bertz CT molecular complexity index is 970. The summed E-state index contributed by atoms with van der Waals surface area (Å²) < 4.78 is 10.5. The van der Waals surface area contributed by atoms with E-state index >= 15 is 0 Å². The van der Waals surface area contributed by atoms with Gasteiger partial charge in [0.1, 0.15) is 5.82 Å². The monoisotopic (exact) mass is 392 g/mol. The van der Waals surface area contributed by atoms with Gasteiger partial charge in [0, 0.05) is 43.4 Å². The fourth-order valence-corrected chi connectivity index (χ4v) is 2.71. The highest BCUT2D eigenvalue weighted by molar-refractivity contribution is 6.04. The molecule has 0 bridgehead atoms. The lowest BCUT2D eigenvalue weighted by Gasteiger charge is -2.13. The van der Waals surface area contributed by atoms with Crippen LogP contribution in [-0.2, 0) is 0 Å². The molecule has 0 saturated carbocycles. The summed E-state index contributed by atoms with van der Waals surface area (Å²) in [7, 11) is 7.11. The van der Waals surface area contributed by atoms with Gasteiger partial charge >= 0.3 is 0 Å². The highest BCUT2D eigenvalue weighted by Gasteiger charge is 2.09. The van der Waals surface area contributed by atoms with Crippen LogP contribution >= 0.6 is 0 Å². The predicted octanol–water partition coefficient (Wildman–Crippen LogP) is 4.16. The number of nitrogens with zero attached hydrogens (tertiary/aromatic N) is 2. The lowest BCUT2D eigenvalue weighted by molar-refractivity contribution is 0.102. The number of nitrogens with one attached hydrogen (secondary N) is 2. The Morgan fingerprint density at radius 3 is 2.17 bits per heavy atom. The maximum atomic E-state index is 12.4. The molecule has 0 aliphatic heterocycles. The Hall–Kier alpha value is -3.74. The minimum atomic E-state index is -0.215. The van der Waals surface area contributed by atoms with E-state index in [9.17, 15) is 4.79 Å². The number of hydrogen-bond acceptors (Lipinski definition) is 6. The molecule has 3 aromatic rings. The van der Waals surface area contributed by atoms with Crippen LogP contribution in [0.4, 0.5) is 22.9 Å². The van der Waals surface area contributed by atoms with Gasteiger partial charge in [0.05, 0.1) is 19.8 Å². The highest BCUT2D eigenvalue weighted by Crippen LogP contribution is 2.30. The summed E-state index contributed by atoms with van der Waals surface area (Å²) in [5.74, 6) is 1.67. The Morgan fingerprint density at radius 2 is 1.59 bits per heavy atom. The van der Waals surface area contributed by atoms with E-state index < -0.39 is 0 Å². The Labute approximate surface area is 170 Å². The number of ether oxygens (including phenoxy) is 2. The van der Waals surface area contributed by atoms with Crippen molar-refractivity contribution in [1.29, 1.82) is 0 Å². The molecule has 0 saturated heterocycles. The molecule has 1 amide bonds. The molecule has 0 fully saturated rings. The van der Waals surface area contributed by atoms with Gasteiger partial charge in [0.25, 0.3) is 5.91 Å². The zero-order chi connectivity index (χ0) is 20.8. The van der Waals surface area contributed by atoms with Gasteiger partial charge in [-0.05, 0) is 48.5 Å². The summed E-state index contributed by atoms with van der Waals surface area (Å²) >= 11 is 0. The van der Waals surface area contributed by atoms with E-state index in [4.69, 9.17) is 9.47 Å². The molecule has 0 aliphatic rings. The zero-order valence-corrected chi connectivity index (χ0v) is 16.9. The Morgan fingerprint density at radius 1 is 0.897 bits per heavy atom. The van der Waals surface area contributed by atoms with E-state index in [1.165, 1.54) is 6.20 Å². The molecular weight excluding hydrogens is 368 g/mol. The van der Waals surface area contributed by atoms with Crippen molar-refractivity contribution in [2.24, 2.45) is 0 Å². The molecule has 0 spiro atoms. The van der Waals surface area contributed by atoms with Crippen molar-refractivity contribution >= 4 is 28.8 Å². The average molecular weight is 392 g/mol. The summed E-state index contributed by atoms with van der Waals surface area (Å²) in [6.07, 6.45) is 1.53. The van der Waals surface area contributed by atoms with Gasteiger partial charge in [-0.15, -0.1) is 0 Å². The molecular formula is C22H24N4O3. The molecule has 7 nitrogen and oxygen atoms in total. The molecule has 1 heterocycles. The van der Waals surface area contributed by atoms with Crippen LogP contribution < -0.4 is 25.0 Å². The number of pyridine rings is 1. The first-order valence-corrected chi connectivity index (χ1v) is 9.04. The van der Waals surface area contributed by atoms with Crippen LogP contribution in [0.1, 0.15) is 10.4 Å². The van der Waals surface area contributed by atoms with Gasteiger partial charge in [0.2, 0.25) is 0 Å². The topological polar surface area (TPSA) is 75.7 Å². The van der Waals surface area contributed by atoms with Crippen molar-refractivity contribution in [3.8, 4) is 11.5 Å². The molecule has 150 valence electrons. The Kier molecular flexibility index (Phi) is 6.19. The number of aromatic nitrogens is 1. The van der Waals surface area contributed by atoms with Gasteiger partial charge in [-0.1, -0.05) is 0 Å². The number of amides is 1. The zero-order valence-electron chi connectivity index (χ0n) is 16.9. The molecule has 1 aromatic heterocycles. The van der Waals surface area contributed by atoms with E-state index in [1.807, 2.05) is 61.5 Å². The molecule has 0 radical (unpaired) electrons. The first-order chi connectivity index (χ1) is 14.0. The van der Waals surface area contributed by atoms with Gasteiger partial charge in [-0.3, -0.25) is 4.79 Å². The third kappa shape index (κ3) is 4.95. The van der Waals surface area contributed by atoms with E-state index in [1.54, 1.807) is 26.4 Å².